The van der Waals surface area contributed by atoms with E-state index in [1.54, 1.807) is 12.3 Å². The number of benzene rings is 1. The summed E-state index contributed by atoms with van der Waals surface area (Å²) in [4.78, 5) is 4.55. The number of allylic oxidation sites excluding steroid dienone is 1. The van der Waals surface area contributed by atoms with Gasteiger partial charge in [-0.25, -0.2) is 9.02 Å². The van der Waals surface area contributed by atoms with Crippen LogP contribution in [0.1, 0.15) is 48.7 Å². The van der Waals surface area contributed by atoms with Crippen LogP contribution in [0, 0.1) is 17.7 Å². The van der Waals surface area contributed by atoms with Crippen molar-refractivity contribution < 1.29 is 9.02 Å². The Morgan fingerprint density at radius 3 is 2.82 bits per heavy atom. The molecule has 0 bridgehead atoms. The molecule has 3 aromatic rings. The molecule has 5 heteroatoms. The molecule has 0 radical (unpaired) electrons. The maximum Gasteiger partial charge on any atom is 0.123 e. The third-order valence-corrected chi connectivity index (χ3v) is 6.20. The molecule has 0 spiro atoms. The summed E-state index contributed by atoms with van der Waals surface area (Å²) in [6, 6.07) is 10.5. The maximum atomic E-state index is 13.4. The van der Waals surface area contributed by atoms with Crippen LogP contribution in [0.15, 0.2) is 53.3 Å². The van der Waals surface area contributed by atoms with Gasteiger partial charge >= 0.3 is 0 Å². The minimum Gasteiger partial charge on any atom is -0.256 e. The molecule has 0 saturated heterocycles. The third-order valence-electron chi connectivity index (χ3n) is 6.20. The number of aromatic nitrogens is 3. The number of hydrogen-bond acceptors (Lipinski definition) is 4. The van der Waals surface area contributed by atoms with Crippen molar-refractivity contribution in [3.05, 3.63) is 71.6 Å². The first-order valence-electron chi connectivity index (χ1n) is 9.99. The van der Waals surface area contributed by atoms with E-state index in [9.17, 15) is 4.39 Å². The van der Waals surface area contributed by atoms with E-state index >= 15 is 0 Å². The zero-order valence-corrected chi connectivity index (χ0v) is 15.6. The summed E-state index contributed by atoms with van der Waals surface area (Å²) in [6.07, 6.45) is 12.2. The Kier molecular flexibility index (Phi) is 4.51. The molecule has 3 unspecified atom stereocenters. The predicted octanol–water partition coefficient (Wildman–Crippen LogP) is 5.43. The van der Waals surface area contributed by atoms with Crippen molar-refractivity contribution in [2.24, 2.45) is 11.8 Å². The molecule has 0 amide bonds. The van der Waals surface area contributed by atoms with E-state index in [1.165, 1.54) is 37.8 Å². The first-order chi connectivity index (χ1) is 13.8. The molecule has 1 aromatic carbocycles. The van der Waals surface area contributed by atoms with Gasteiger partial charge in [0.05, 0.1) is 5.69 Å². The van der Waals surface area contributed by atoms with Crippen LogP contribution in [-0.2, 0) is 6.42 Å². The third kappa shape index (κ3) is 3.26. The topological polar surface area (TPSA) is 51.8 Å². The predicted molar refractivity (Wildman–Crippen MR) is 105 cm³/mol. The molecule has 1 fully saturated rings. The average Bonchev–Trinajstić information content (AvgIpc) is 3.20. The first-order valence-corrected chi connectivity index (χ1v) is 9.99. The fraction of sp³-hybridized carbons (Fsp3) is 0.348. The molecular weight excluding hydrogens is 353 g/mol. The number of fused-ring (bicyclic) bond motifs is 2. The highest BCUT2D eigenvalue weighted by atomic mass is 19.1. The van der Waals surface area contributed by atoms with Crippen LogP contribution in [0.5, 0.6) is 0 Å². The lowest BCUT2D eigenvalue weighted by atomic mass is 9.66. The van der Waals surface area contributed by atoms with Crippen molar-refractivity contribution in [2.75, 3.05) is 0 Å². The first kappa shape index (κ1) is 17.3. The van der Waals surface area contributed by atoms with Crippen LogP contribution in [0.25, 0.3) is 17.2 Å². The Hall–Kier alpha value is -2.82. The van der Waals surface area contributed by atoms with E-state index in [1.807, 2.05) is 18.2 Å². The quantitative estimate of drug-likeness (QED) is 0.612. The standard InChI is InChI=1S/C23H22FN3O/c24-18-6-3-5-15(12-18)17-8-9-19(25-14-17)10-11-21-20-7-2-1-4-16(20)13-22-23(21)27-28-26-22/h3,5-6,8-12,14,16,20-21H,1-2,4,7,13H2/b11-10+. The number of rotatable bonds is 3. The maximum absolute atomic E-state index is 13.4. The largest absolute Gasteiger partial charge is 0.256 e. The SMILES string of the molecule is Fc1cccc(-c2ccc(/C=C/C3c4nonc4CC4CCCCC43)nc2)c1. The summed E-state index contributed by atoms with van der Waals surface area (Å²) < 4.78 is 18.5. The summed E-state index contributed by atoms with van der Waals surface area (Å²) in [5, 5.41) is 8.35. The highest BCUT2D eigenvalue weighted by Gasteiger charge is 2.39. The minimum absolute atomic E-state index is 0.238. The number of hydrogen-bond donors (Lipinski definition) is 0. The highest BCUT2D eigenvalue weighted by molar-refractivity contribution is 5.63. The lowest BCUT2D eigenvalue weighted by Crippen LogP contribution is -2.31. The van der Waals surface area contributed by atoms with Crippen LogP contribution >= 0.6 is 0 Å². The Morgan fingerprint density at radius 2 is 1.96 bits per heavy atom. The van der Waals surface area contributed by atoms with Gasteiger partial charge in [-0.2, -0.15) is 0 Å². The van der Waals surface area contributed by atoms with Crippen molar-refractivity contribution >= 4 is 6.08 Å². The molecule has 5 rings (SSSR count). The van der Waals surface area contributed by atoms with Gasteiger partial charge in [0.2, 0.25) is 0 Å². The number of nitrogens with zero attached hydrogens (tertiary/aromatic N) is 3. The van der Waals surface area contributed by atoms with Gasteiger partial charge in [-0.05, 0) is 60.9 Å². The summed E-state index contributed by atoms with van der Waals surface area (Å²) in [6.45, 7) is 0. The second-order valence-corrected chi connectivity index (χ2v) is 7.88. The highest BCUT2D eigenvalue weighted by Crippen LogP contribution is 2.46. The van der Waals surface area contributed by atoms with Crippen LogP contribution in [0.2, 0.25) is 0 Å². The van der Waals surface area contributed by atoms with Gasteiger partial charge < -0.3 is 0 Å². The molecule has 3 atom stereocenters. The monoisotopic (exact) mass is 375 g/mol. The number of halogens is 1. The molecule has 4 nitrogen and oxygen atoms in total. The average molecular weight is 375 g/mol. The molecule has 2 heterocycles. The van der Waals surface area contributed by atoms with Crippen molar-refractivity contribution in [1.29, 1.82) is 0 Å². The Bertz CT molecular complexity index is 995. The van der Waals surface area contributed by atoms with Crippen LogP contribution < -0.4 is 0 Å². The second-order valence-electron chi connectivity index (χ2n) is 7.88. The van der Waals surface area contributed by atoms with E-state index in [2.05, 4.69) is 27.4 Å². The second kappa shape index (κ2) is 7.30. The van der Waals surface area contributed by atoms with Gasteiger partial charge in [-0.3, -0.25) is 4.98 Å². The van der Waals surface area contributed by atoms with Gasteiger partial charge in [0.15, 0.2) is 0 Å². The fourth-order valence-electron chi connectivity index (χ4n) is 4.80. The fourth-order valence-corrected chi connectivity index (χ4v) is 4.80. The van der Waals surface area contributed by atoms with E-state index in [0.29, 0.717) is 11.8 Å². The lowest BCUT2D eigenvalue weighted by molar-refractivity contribution is 0.199. The van der Waals surface area contributed by atoms with Crippen LogP contribution in [0.3, 0.4) is 0 Å². The van der Waals surface area contributed by atoms with Crippen molar-refractivity contribution in [2.45, 2.75) is 38.0 Å². The molecule has 2 aliphatic carbocycles. The van der Waals surface area contributed by atoms with Gasteiger partial charge in [-0.1, -0.05) is 47.4 Å². The summed E-state index contributed by atoms with van der Waals surface area (Å²) in [7, 11) is 0. The molecule has 28 heavy (non-hydrogen) atoms. The molecule has 0 aliphatic heterocycles. The van der Waals surface area contributed by atoms with Crippen molar-refractivity contribution in [1.82, 2.24) is 15.3 Å². The molecule has 2 aliphatic rings. The summed E-state index contributed by atoms with van der Waals surface area (Å²) >= 11 is 0. The molecule has 0 N–H and O–H groups in total. The van der Waals surface area contributed by atoms with Crippen LogP contribution in [-0.4, -0.2) is 15.3 Å². The lowest BCUT2D eigenvalue weighted by Gasteiger charge is -2.38. The molecule has 1 saturated carbocycles. The Morgan fingerprint density at radius 1 is 1.04 bits per heavy atom. The minimum atomic E-state index is -0.238. The van der Waals surface area contributed by atoms with E-state index in [-0.39, 0.29) is 11.7 Å². The van der Waals surface area contributed by atoms with Crippen molar-refractivity contribution in [3.8, 4) is 11.1 Å². The zero-order chi connectivity index (χ0) is 18.9. The number of pyridine rings is 1. The van der Waals surface area contributed by atoms with E-state index in [4.69, 9.17) is 4.63 Å². The molecular formula is C23H22FN3O. The van der Waals surface area contributed by atoms with Gasteiger partial charge in [0.25, 0.3) is 0 Å². The summed E-state index contributed by atoms with van der Waals surface area (Å²) in [5.74, 6) is 1.28. The van der Waals surface area contributed by atoms with Crippen LogP contribution in [0.4, 0.5) is 4.39 Å². The molecule has 142 valence electrons. The van der Waals surface area contributed by atoms with Gasteiger partial charge in [0.1, 0.15) is 17.2 Å². The summed E-state index contributed by atoms with van der Waals surface area (Å²) in [5.41, 5.74) is 4.64. The van der Waals surface area contributed by atoms with E-state index < -0.39 is 0 Å². The van der Waals surface area contributed by atoms with E-state index in [0.717, 1.165) is 34.6 Å². The Labute approximate surface area is 163 Å². The van der Waals surface area contributed by atoms with Gasteiger partial charge in [0, 0.05) is 17.7 Å². The Balaban J connectivity index is 1.39. The zero-order valence-electron chi connectivity index (χ0n) is 15.6. The smallest absolute Gasteiger partial charge is 0.123 e. The normalized spacial score (nSPS) is 24.1. The van der Waals surface area contributed by atoms with Crippen molar-refractivity contribution in [3.63, 3.8) is 0 Å². The molecule has 2 aromatic heterocycles. The van der Waals surface area contributed by atoms with Gasteiger partial charge in [-0.15, -0.1) is 0 Å².